The van der Waals surface area contributed by atoms with Gasteiger partial charge in [0.05, 0.1) is 23.1 Å². The molecule has 4 aromatic heterocycles. The summed E-state index contributed by atoms with van der Waals surface area (Å²) >= 11 is 5.41. The van der Waals surface area contributed by atoms with Crippen LogP contribution in [-0.4, -0.2) is 57.8 Å². The summed E-state index contributed by atoms with van der Waals surface area (Å²) in [5, 5.41) is 8.52. The van der Waals surface area contributed by atoms with Crippen molar-refractivity contribution >= 4 is 36.1 Å². The summed E-state index contributed by atoms with van der Waals surface area (Å²) in [6.45, 7) is 8.18. The molecule has 0 bridgehead atoms. The molecule has 4 aromatic rings. The van der Waals surface area contributed by atoms with E-state index in [0.717, 1.165) is 16.7 Å². The molecule has 190 valence electrons. The first kappa shape index (κ1) is 27.0. The monoisotopic (exact) mass is 512 g/mol. The van der Waals surface area contributed by atoms with Gasteiger partial charge in [-0.05, 0) is 39.8 Å². The lowest BCUT2D eigenvalue weighted by molar-refractivity contribution is 0.00578. The number of nitrogens with zero attached hydrogens (tertiary/aromatic N) is 8. The zero-order valence-electron chi connectivity index (χ0n) is 21.1. The van der Waals surface area contributed by atoms with Gasteiger partial charge in [-0.1, -0.05) is 11.6 Å². The van der Waals surface area contributed by atoms with E-state index >= 15 is 0 Å². The Morgan fingerprint density at radius 3 is 1.83 bits per heavy atom. The van der Waals surface area contributed by atoms with Gasteiger partial charge < -0.3 is 20.8 Å². The molecule has 5 heterocycles. The van der Waals surface area contributed by atoms with Crippen molar-refractivity contribution in [2.45, 2.75) is 38.9 Å². The highest BCUT2D eigenvalue weighted by molar-refractivity contribution is 6.62. The molecule has 0 radical (unpaired) electrons. The lowest BCUT2D eigenvalue weighted by Crippen LogP contribution is -2.41. The van der Waals surface area contributed by atoms with E-state index in [-0.39, 0.29) is 30.2 Å². The summed E-state index contributed by atoms with van der Waals surface area (Å²) in [6.07, 6.45) is 10.4. The fourth-order valence-electron chi connectivity index (χ4n) is 2.98. The highest BCUT2D eigenvalue weighted by Crippen LogP contribution is 2.36. The van der Waals surface area contributed by atoms with Gasteiger partial charge in [0, 0.05) is 56.1 Å². The third kappa shape index (κ3) is 7.00. The van der Waals surface area contributed by atoms with Gasteiger partial charge >= 0.3 is 7.12 Å². The predicted molar refractivity (Wildman–Crippen MR) is 139 cm³/mol. The van der Waals surface area contributed by atoms with Crippen LogP contribution in [0.4, 0.5) is 11.9 Å². The van der Waals surface area contributed by atoms with E-state index in [4.69, 9.17) is 32.4 Å². The van der Waals surface area contributed by atoms with Crippen molar-refractivity contribution in [2.75, 3.05) is 11.5 Å². The number of hydrogen-bond donors (Lipinski definition) is 2. The van der Waals surface area contributed by atoms with Crippen LogP contribution in [0, 0.1) is 0 Å². The minimum atomic E-state index is -0.302. The number of nitrogens with two attached hydrogens (primary N) is 2. The summed E-state index contributed by atoms with van der Waals surface area (Å²) in [4.78, 5) is 15.1. The van der Waals surface area contributed by atoms with Gasteiger partial charge in [0.2, 0.25) is 11.9 Å². The molecule has 0 atom stereocenters. The lowest BCUT2D eigenvalue weighted by atomic mass is 9.82. The number of halogens is 1. The normalized spacial score (nSPS) is 15.5. The van der Waals surface area contributed by atoms with Crippen molar-refractivity contribution in [3.05, 3.63) is 54.5 Å². The van der Waals surface area contributed by atoms with Crippen LogP contribution in [0.5, 0.6) is 0 Å². The molecule has 1 aliphatic rings. The second-order valence-electron chi connectivity index (χ2n) is 8.98. The maximum absolute atomic E-state index is 5.89. The van der Waals surface area contributed by atoms with Crippen molar-refractivity contribution in [3.63, 3.8) is 0 Å². The van der Waals surface area contributed by atoms with Gasteiger partial charge in [-0.15, -0.1) is 0 Å². The number of anilines is 2. The fraction of sp³-hybridized carbons (Fsp3) is 0.364. The quantitative estimate of drug-likeness (QED) is 0.300. The molecule has 12 nitrogen and oxygen atoms in total. The number of aromatic nitrogens is 8. The smallest absolute Gasteiger partial charge is 0.399 e. The molecule has 0 amide bonds. The molecule has 5 rings (SSSR count). The Morgan fingerprint density at radius 2 is 1.39 bits per heavy atom. The Hall–Kier alpha value is -3.55. The van der Waals surface area contributed by atoms with Crippen LogP contribution in [0.2, 0.25) is 5.15 Å². The zero-order valence-corrected chi connectivity index (χ0v) is 21.9. The van der Waals surface area contributed by atoms with Crippen molar-refractivity contribution in [1.82, 2.24) is 39.5 Å². The first-order chi connectivity index (χ1) is 16.9. The van der Waals surface area contributed by atoms with Gasteiger partial charge in [-0.2, -0.15) is 10.2 Å². The van der Waals surface area contributed by atoms with E-state index in [1.807, 2.05) is 54.2 Å². The van der Waals surface area contributed by atoms with Crippen LogP contribution in [0.15, 0.2) is 49.3 Å². The standard InChI is InChI=1S/C10H17BN2O2.C8H9N5.C4H4ClN3/c1-9(2)10(3,4)15-11(14-9)8-6-12-13(5)7-8;1-13-5-6(4-11-13)7-2-3-10-8(9)12-7;5-3-1-2-7-4(6)8-3/h6-7H,1-5H3;2-5H,1H3,(H2,9,10,12);1-2H,(H2,6,7,8). The Labute approximate surface area is 215 Å². The molecular weight excluding hydrogens is 483 g/mol. The second kappa shape index (κ2) is 11.0. The average molecular weight is 513 g/mol. The summed E-state index contributed by atoms with van der Waals surface area (Å²) < 4.78 is 15.2. The van der Waals surface area contributed by atoms with Crippen molar-refractivity contribution < 1.29 is 9.31 Å². The Balaban J connectivity index is 0.000000157. The molecule has 1 saturated heterocycles. The molecule has 0 unspecified atom stereocenters. The largest absolute Gasteiger partial charge is 0.498 e. The Morgan fingerprint density at radius 1 is 0.833 bits per heavy atom. The second-order valence-corrected chi connectivity index (χ2v) is 9.36. The third-order valence-electron chi connectivity index (χ3n) is 5.57. The third-order valence-corrected chi connectivity index (χ3v) is 5.78. The number of nitrogen functional groups attached to an aromatic ring is 2. The molecule has 1 aliphatic heterocycles. The van der Waals surface area contributed by atoms with Crippen LogP contribution in [0.1, 0.15) is 27.7 Å². The van der Waals surface area contributed by atoms with Crippen LogP contribution in [-0.2, 0) is 23.4 Å². The minimum Gasteiger partial charge on any atom is -0.399 e. The van der Waals surface area contributed by atoms with Crippen molar-refractivity contribution in [2.24, 2.45) is 14.1 Å². The maximum Gasteiger partial charge on any atom is 0.498 e. The molecule has 0 aromatic carbocycles. The van der Waals surface area contributed by atoms with E-state index in [9.17, 15) is 0 Å². The lowest BCUT2D eigenvalue weighted by Gasteiger charge is -2.32. The van der Waals surface area contributed by atoms with E-state index < -0.39 is 0 Å². The topological polar surface area (TPSA) is 158 Å². The summed E-state index contributed by atoms with van der Waals surface area (Å²) in [6, 6.07) is 3.37. The molecule has 14 heteroatoms. The van der Waals surface area contributed by atoms with Crippen LogP contribution < -0.4 is 16.9 Å². The molecule has 36 heavy (non-hydrogen) atoms. The van der Waals surface area contributed by atoms with Gasteiger partial charge in [0.15, 0.2) is 0 Å². The van der Waals surface area contributed by atoms with Gasteiger partial charge in [-0.3, -0.25) is 9.36 Å². The first-order valence-corrected chi connectivity index (χ1v) is 11.4. The molecule has 1 fully saturated rings. The van der Waals surface area contributed by atoms with E-state index in [1.165, 1.54) is 6.20 Å². The highest BCUT2D eigenvalue weighted by atomic mass is 35.5. The van der Waals surface area contributed by atoms with E-state index in [2.05, 4.69) is 30.1 Å². The first-order valence-electron chi connectivity index (χ1n) is 11.0. The maximum atomic E-state index is 5.89. The number of aryl methyl sites for hydroxylation is 2. The summed E-state index contributed by atoms with van der Waals surface area (Å²) in [5.41, 5.74) is 12.7. The zero-order chi connectivity index (χ0) is 26.5. The van der Waals surface area contributed by atoms with E-state index in [1.54, 1.807) is 40.1 Å². The molecular formula is C22H30BClN10O2. The van der Waals surface area contributed by atoms with Gasteiger partial charge in [0.1, 0.15) is 5.15 Å². The Kier molecular flexibility index (Phi) is 8.28. The average Bonchev–Trinajstić information content (AvgIpc) is 3.47. The van der Waals surface area contributed by atoms with Crippen molar-refractivity contribution in [1.29, 1.82) is 0 Å². The molecule has 0 saturated carbocycles. The number of hydrogen-bond acceptors (Lipinski definition) is 10. The van der Waals surface area contributed by atoms with E-state index in [0.29, 0.717) is 5.15 Å². The summed E-state index contributed by atoms with van der Waals surface area (Å²) in [7, 11) is 3.44. The van der Waals surface area contributed by atoms with Crippen LogP contribution in [0.25, 0.3) is 11.3 Å². The van der Waals surface area contributed by atoms with Gasteiger partial charge in [-0.25, -0.2) is 19.9 Å². The molecule has 4 N–H and O–H groups in total. The number of rotatable bonds is 2. The fourth-order valence-corrected chi connectivity index (χ4v) is 3.12. The van der Waals surface area contributed by atoms with Crippen LogP contribution >= 0.6 is 11.6 Å². The predicted octanol–water partition coefficient (Wildman–Crippen LogP) is 1.89. The molecule has 0 spiro atoms. The SMILES string of the molecule is Cn1cc(-c2ccnc(N)n2)cn1.Cn1cc(B2OC(C)(C)C(C)(C)O2)cn1.Nc1nccc(Cl)n1. The molecule has 0 aliphatic carbocycles. The minimum absolute atomic E-state index is 0.206. The highest BCUT2D eigenvalue weighted by Gasteiger charge is 2.52. The van der Waals surface area contributed by atoms with Crippen molar-refractivity contribution in [3.8, 4) is 11.3 Å². The Bertz CT molecular complexity index is 1260. The summed E-state index contributed by atoms with van der Waals surface area (Å²) in [5.74, 6) is 0.485. The van der Waals surface area contributed by atoms with Gasteiger partial charge in [0.25, 0.3) is 0 Å². The van der Waals surface area contributed by atoms with Crippen LogP contribution in [0.3, 0.4) is 0 Å².